The normalized spacial score (nSPS) is 17.6. The first-order valence-corrected chi connectivity index (χ1v) is 9.31. The lowest BCUT2D eigenvalue weighted by molar-refractivity contribution is 0.761. The molecule has 0 saturated heterocycles. The third-order valence-electron chi connectivity index (χ3n) is 3.17. The van der Waals surface area contributed by atoms with Gasteiger partial charge in [-0.2, -0.15) is 0 Å². The molecule has 1 aliphatic carbocycles. The van der Waals surface area contributed by atoms with Gasteiger partial charge in [0.15, 0.2) is 0 Å². The Morgan fingerprint density at radius 2 is 1.84 bits per heavy atom. The number of nitrogens with one attached hydrogen (secondary N) is 1. The van der Waals surface area contributed by atoms with Gasteiger partial charge in [-0.3, -0.25) is 0 Å². The molecular weight excluding hydrogens is 477 g/mol. The summed E-state index contributed by atoms with van der Waals surface area (Å²) < 4.78 is 4.01. The highest BCUT2D eigenvalue weighted by Gasteiger charge is 2.26. The Balaban J connectivity index is 1.91. The maximum Gasteiger partial charge on any atom is 0.0934 e. The van der Waals surface area contributed by atoms with Crippen molar-refractivity contribution < 1.29 is 0 Å². The quantitative estimate of drug-likeness (QED) is 0.493. The molecule has 3 rings (SSSR count). The van der Waals surface area contributed by atoms with Crippen LogP contribution in [0.1, 0.15) is 22.9 Å². The van der Waals surface area contributed by atoms with Crippen molar-refractivity contribution >= 4 is 76.4 Å². The Kier molecular flexibility index (Phi) is 4.30. The summed E-state index contributed by atoms with van der Waals surface area (Å²) in [4.78, 5) is 1.41. The number of halogens is 4. The predicted octanol–water partition coefficient (Wildman–Crippen LogP) is 6.79. The lowest BCUT2D eigenvalue weighted by atomic mass is 10.1. The highest BCUT2D eigenvalue weighted by atomic mass is 79.9. The Morgan fingerprint density at radius 3 is 2.53 bits per heavy atom. The molecule has 0 fully saturated rings. The first-order chi connectivity index (χ1) is 9.04. The van der Waals surface area contributed by atoms with Crippen molar-refractivity contribution in [3.05, 3.63) is 46.4 Å². The van der Waals surface area contributed by atoms with E-state index in [1.54, 1.807) is 11.3 Å². The highest BCUT2D eigenvalue weighted by Crippen LogP contribution is 2.43. The number of hydrogen-bond acceptors (Lipinski definition) is 2. The SMILES string of the molecule is Clc1cc2c(s1)CCC2Nc1c(Br)cc(Br)cc1Br. The van der Waals surface area contributed by atoms with Crippen molar-refractivity contribution in [2.24, 2.45) is 0 Å². The second kappa shape index (κ2) is 5.68. The van der Waals surface area contributed by atoms with Crippen LogP contribution in [-0.2, 0) is 6.42 Å². The number of thiophene rings is 1. The number of hydrogen-bond donors (Lipinski definition) is 1. The standard InChI is InChI=1S/C13H9Br3ClNS/c14-6-3-8(15)13(9(16)4-6)18-10-1-2-11-7(10)5-12(17)19-11/h3-5,10,18H,1-2H2. The molecule has 1 unspecified atom stereocenters. The first kappa shape index (κ1) is 14.4. The minimum atomic E-state index is 0.340. The minimum Gasteiger partial charge on any atom is -0.376 e. The molecule has 100 valence electrons. The molecule has 0 bridgehead atoms. The van der Waals surface area contributed by atoms with Gasteiger partial charge in [-0.25, -0.2) is 0 Å². The fourth-order valence-corrected chi connectivity index (χ4v) is 6.18. The highest BCUT2D eigenvalue weighted by molar-refractivity contribution is 9.11. The summed E-state index contributed by atoms with van der Waals surface area (Å²) in [6, 6.07) is 6.52. The second-order valence-corrected chi connectivity index (χ2v) is 8.80. The van der Waals surface area contributed by atoms with Crippen LogP contribution in [0.5, 0.6) is 0 Å². The summed E-state index contributed by atoms with van der Waals surface area (Å²) >= 11 is 18.5. The molecule has 0 aliphatic heterocycles. The van der Waals surface area contributed by atoms with E-state index < -0.39 is 0 Å². The van der Waals surface area contributed by atoms with Crippen LogP contribution in [-0.4, -0.2) is 0 Å². The van der Waals surface area contributed by atoms with Gasteiger partial charge in [0.2, 0.25) is 0 Å². The van der Waals surface area contributed by atoms with Crippen LogP contribution < -0.4 is 5.32 Å². The predicted molar refractivity (Wildman–Crippen MR) is 93.6 cm³/mol. The monoisotopic (exact) mass is 483 g/mol. The van der Waals surface area contributed by atoms with Crippen LogP contribution in [0.2, 0.25) is 4.34 Å². The van der Waals surface area contributed by atoms with Gasteiger partial charge in [-0.15, -0.1) is 11.3 Å². The zero-order chi connectivity index (χ0) is 13.6. The number of anilines is 1. The summed E-state index contributed by atoms with van der Waals surface area (Å²) in [5.41, 5.74) is 2.43. The van der Waals surface area contributed by atoms with E-state index in [9.17, 15) is 0 Å². The lowest BCUT2D eigenvalue weighted by Gasteiger charge is -2.17. The van der Waals surface area contributed by atoms with Crippen molar-refractivity contribution in [3.8, 4) is 0 Å². The molecule has 1 N–H and O–H groups in total. The fourth-order valence-electron chi connectivity index (χ4n) is 2.33. The van der Waals surface area contributed by atoms with Gasteiger partial charge in [-0.05, 0) is 68.5 Å². The number of rotatable bonds is 2. The van der Waals surface area contributed by atoms with Crippen LogP contribution in [0.25, 0.3) is 0 Å². The molecule has 19 heavy (non-hydrogen) atoms. The summed E-state index contributed by atoms with van der Waals surface area (Å²) in [7, 11) is 0. The van der Waals surface area contributed by atoms with Crippen LogP contribution in [0.3, 0.4) is 0 Å². The molecule has 0 amide bonds. The fraction of sp³-hybridized carbons (Fsp3) is 0.231. The molecule has 2 aromatic rings. The molecule has 0 saturated carbocycles. The third kappa shape index (κ3) is 2.91. The average molecular weight is 486 g/mol. The molecule has 1 aromatic carbocycles. The molecule has 6 heteroatoms. The lowest BCUT2D eigenvalue weighted by Crippen LogP contribution is -2.07. The van der Waals surface area contributed by atoms with Crippen molar-refractivity contribution in [1.29, 1.82) is 0 Å². The topological polar surface area (TPSA) is 12.0 Å². The van der Waals surface area contributed by atoms with E-state index in [-0.39, 0.29) is 0 Å². The number of aryl methyl sites for hydroxylation is 1. The Morgan fingerprint density at radius 1 is 1.16 bits per heavy atom. The van der Waals surface area contributed by atoms with E-state index in [2.05, 4.69) is 59.2 Å². The first-order valence-electron chi connectivity index (χ1n) is 5.74. The largest absolute Gasteiger partial charge is 0.376 e. The smallest absolute Gasteiger partial charge is 0.0934 e. The summed E-state index contributed by atoms with van der Waals surface area (Å²) in [6.07, 6.45) is 2.23. The summed E-state index contributed by atoms with van der Waals surface area (Å²) in [6.45, 7) is 0. The summed E-state index contributed by atoms with van der Waals surface area (Å²) in [5, 5.41) is 3.61. The molecule has 1 heterocycles. The Labute approximate surface area is 146 Å². The van der Waals surface area contributed by atoms with Crippen molar-refractivity contribution in [2.45, 2.75) is 18.9 Å². The second-order valence-electron chi connectivity index (χ2n) is 4.41. The van der Waals surface area contributed by atoms with Gasteiger partial charge in [0.25, 0.3) is 0 Å². The molecule has 1 aliphatic rings. The average Bonchev–Trinajstić information content (AvgIpc) is 2.83. The molecule has 0 radical (unpaired) electrons. The van der Waals surface area contributed by atoms with E-state index in [0.717, 1.165) is 36.3 Å². The van der Waals surface area contributed by atoms with Gasteiger partial charge >= 0.3 is 0 Å². The van der Waals surface area contributed by atoms with E-state index in [1.807, 2.05) is 12.1 Å². The van der Waals surface area contributed by atoms with Gasteiger partial charge in [-0.1, -0.05) is 27.5 Å². The van der Waals surface area contributed by atoms with Crippen LogP contribution in [0.4, 0.5) is 5.69 Å². The number of benzene rings is 1. The van der Waals surface area contributed by atoms with Crippen LogP contribution in [0.15, 0.2) is 31.6 Å². The van der Waals surface area contributed by atoms with Crippen molar-refractivity contribution in [1.82, 2.24) is 0 Å². The maximum atomic E-state index is 6.10. The van der Waals surface area contributed by atoms with E-state index in [4.69, 9.17) is 11.6 Å². The van der Waals surface area contributed by atoms with Gasteiger partial charge < -0.3 is 5.32 Å². The van der Waals surface area contributed by atoms with Gasteiger partial charge in [0.1, 0.15) is 0 Å². The van der Waals surface area contributed by atoms with Crippen molar-refractivity contribution in [2.75, 3.05) is 5.32 Å². The maximum absolute atomic E-state index is 6.10. The Bertz CT molecular complexity index is 618. The zero-order valence-corrected chi connectivity index (χ0v) is 16.0. The van der Waals surface area contributed by atoms with Crippen molar-refractivity contribution in [3.63, 3.8) is 0 Å². The minimum absolute atomic E-state index is 0.340. The number of fused-ring (bicyclic) bond motifs is 1. The summed E-state index contributed by atoms with van der Waals surface area (Å²) in [5.74, 6) is 0. The van der Waals surface area contributed by atoms with Crippen LogP contribution in [0, 0.1) is 0 Å². The van der Waals surface area contributed by atoms with E-state index in [0.29, 0.717) is 6.04 Å². The molecular formula is C13H9Br3ClNS. The van der Waals surface area contributed by atoms with E-state index in [1.165, 1.54) is 10.4 Å². The molecule has 1 atom stereocenters. The zero-order valence-electron chi connectivity index (χ0n) is 9.64. The molecule has 0 spiro atoms. The van der Waals surface area contributed by atoms with E-state index >= 15 is 0 Å². The van der Waals surface area contributed by atoms with Gasteiger partial charge in [0.05, 0.1) is 16.1 Å². The molecule has 1 aromatic heterocycles. The molecule has 1 nitrogen and oxygen atoms in total. The van der Waals surface area contributed by atoms with Crippen LogP contribution >= 0.6 is 70.7 Å². The van der Waals surface area contributed by atoms with Gasteiger partial charge in [0, 0.05) is 18.3 Å². The third-order valence-corrected chi connectivity index (χ3v) is 6.22. The Hall–Kier alpha value is 0.450.